The molecule has 0 saturated carbocycles. The molecular formula is C25H30N6O5. The van der Waals surface area contributed by atoms with E-state index in [0.717, 1.165) is 32.4 Å². The first-order chi connectivity index (χ1) is 17.2. The number of piperidine rings is 1. The van der Waals surface area contributed by atoms with Gasteiger partial charge in [-0.2, -0.15) is 4.98 Å². The summed E-state index contributed by atoms with van der Waals surface area (Å²) in [5.41, 5.74) is 1.57. The van der Waals surface area contributed by atoms with Crippen LogP contribution in [0, 0.1) is 5.41 Å². The molecule has 0 unspecified atom stereocenters. The van der Waals surface area contributed by atoms with Crippen LogP contribution in [0.25, 0.3) is 11.1 Å². The number of carbonyl (C=O) groups is 2. The highest BCUT2D eigenvalue weighted by Gasteiger charge is 2.36. The highest BCUT2D eigenvalue weighted by Crippen LogP contribution is 2.39. The minimum atomic E-state index is -0.994. The van der Waals surface area contributed by atoms with Crippen LogP contribution < -0.4 is 25.6 Å². The van der Waals surface area contributed by atoms with Crippen molar-refractivity contribution in [2.75, 3.05) is 35.2 Å². The van der Waals surface area contributed by atoms with Crippen LogP contribution in [0.1, 0.15) is 40.0 Å². The van der Waals surface area contributed by atoms with Gasteiger partial charge in [0, 0.05) is 31.4 Å². The van der Waals surface area contributed by atoms with E-state index in [9.17, 15) is 9.59 Å². The summed E-state index contributed by atoms with van der Waals surface area (Å²) in [4.78, 5) is 34.9. The Hall–Kier alpha value is -4.02. The van der Waals surface area contributed by atoms with Crippen LogP contribution in [-0.2, 0) is 4.79 Å². The standard InChI is InChI=1S/C25H30N6O5/c1-4-25(14-26-23(33)34)8-10-31(11-9-25)20-19-16(7-12-35-19)29-22(30-20)27-15-5-6-18-17(13-15)28-21(32)24(2,3)36-18/h5-7,12-13,26H,4,8-11,14H2,1-3H3,(H,28,32)(H,33,34)(H,27,29,30). The lowest BCUT2D eigenvalue weighted by atomic mass is 9.76. The Labute approximate surface area is 208 Å². The number of anilines is 4. The normalized spacial score (nSPS) is 18.2. The Morgan fingerprint density at radius 3 is 2.72 bits per heavy atom. The number of amides is 2. The van der Waals surface area contributed by atoms with E-state index in [2.05, 4.69) is 32.8 Å². The number of furan rings is 1. The zero-order valence-electron chi connectivity index (χ0n) is 20.6. The van der Waals surface area contributed by atoms with E-state index in [4.69, 9.17) is 19.2 Å². The Morgan fingerprint density at radius 1 is 1.22 bits per heavy atom. The summed E-state index contributed by atoms with van der Waals surface area (Å²) in [5.74, 6) is 1.49. The second kappa shape index (κ2) is 8.89. The Morgan fingerprint density at radius 2 is 2.00 bits per heavy atom. The summed E-state index contributed by atoms with van der Waals surface area (Å²) < 4.78 is 11.5. The molecule has 3 aromatic rings. The zero-order valence-corrected chi connectivity index (χ0v) is 20.6. The van der Waals surface area contributed by atoms with Crippen LogP contribution in [0.5, 0.6) is 5.75 Å². The number of rotatable bonds is 6. The summed E-state index contributed by atoms with van der Waals surface area (Å²) in [5, 5.41) is 17.7. The van der Waals surface area contributed by atoms with Gasteiger partial charge in [0.2, 0.25) is 5.95 Å². The number of nitrogens with zero attached hydrogens (tertiary/aromatic N) is 3. The maximum atomic E-state index is 12.3. The van der Waals surface area contributed by atoms with E-state index in [1.54, 1.807) is 38.3 Å². The number of fused-ring (bicyclic) bond motifs is 2. The SMILES string of the molecule is CCC1(CNC(=O)O)CCN(c2nc(Nc3ccc4c(c3)NC(=O)C(C)(C)O4)nc3ccoc23)CC1. The van der Waals surface area contributed by atoms with Crippen LogP contribution in [0.4, 0.5) is 27.9 Å². The van der Waals surface area contributed by atoms with Crippen molar-refractivity contribution in [2.45, 2.75) is 45.6 Å². The monoisotopic (exact) mass is 494 g/mol. The number of ether oxygens (including phenoxy) is 1. The first kappa shape index (κ1) is 23.7. The summed E-state index contributed by atoms with van der Waals surface area (Å²) in [6.45, 7) is 7.43. The van der Waals surface area contributed by atoms with Crippen molar-refractivity contribution in [1.29, 1.82) is 0 Å². The van der Waals surface area contributed by atoms with Crippen molar-refractivity contribution in [3.63, 3.8) is 0 Å². The second-order valence-electron chi connectivity index (χ2n) is 9.91. The fourth-order valence-corrected chi connectivity index (χ4v) is 4.75. The van der Waals surface area contributed by atoms with Gasteiger partial charge in [0.25, 0.3) is 5.91 Å². The van der Waals surface area contributed by atoms with Gasteiger partial charge in [-0.15, -0.1) is 0 Å². The first-order valence-corrected chi connectivity index (χ1v) is 12.1. The molecule has 11 nitrogen and oxygen atoms in total. The molecule has 11 heteroatoms. The predicted octanol–water partition coefficient (Wildman–Crippen LogP) is 4.34. The Balaban J connectivity index is 1.37. The van der Waals surface area contributed by atoms with Crippen molar-refractivity contribution >= 4 is 46.2 Å². The number of aromatic nitrogens is 2. The van der Waals surface area contributed by atoms with E-state index in [1.807, 2.05) is 6.07 Å². The van der Waals surface area contributed by atoms with Gasteiger partial charge in [-0.25, -0.2) is 9.78 Å². The molecule has 2 aliphatic rings. The van der Waals surface area contributed by atoms with Gasteiger partial charge >= 0.3 is 6.09 Å². The van der Waals surface area contributed by atoms with Crippen molar-refractivity contribution in [3.8, 4) is 5.75 Å². The van der Waals surface area contributed by atoms with Crippen LogP contribution in [-0.4, -0.2) is 52.3 Å². The van der Waals surface area contributed by atoms with Crippen molar-refractivity contribution in [1.82, 2.24) is 15.3 Å². The van der Waals surface area contributed by atoms with E-state index in [-0.39, 0.29) is 11.3 Å². The first-order valence-electron chi connectivity index (χ1n) is 12.1. The molecule has 1 saturated heterocycles. The number of carbonyl (C=O) groups excluding carboxylic acids is 1. The fourth-order valence-electron chi connectivity index (χ4n) is 4.75. The maximum absolute atomic E-state index is 12.3. The third-order valence-corrected chi connectivity index (χ3v) is 7.17. The number of nitrogens with one attached hydrogen (secondary N) is 3. The molecule has 2 aromatic heterocycles. The van der Waals surface area contributed by atoms with Gasteiger partial charge in [-0.3, -0.25) is 4.79 Å². The fraction of sp³-hybridized carbons (Fsp3) is 0.440. The minimum Gasteiger partial charge on any atom is -0.476 e. The average Bonchev–Trinajstić information content (AvgIpc) is 3.32. The Bertz CT molecular complexity index is 1310. The largest absolute Gasteiger partial charge is 0.476 e. The Kier molecular flexibility index (Phi) is 5.85. The topological polar surface area (TPSA) is 142 Å². The number of hydrogen-bond donors (Lipinski definition) is 4. The van der Waals surface area contributed by atoms with Gasteiger partial charge in [-0.1, -0.05) is 6.92 Å². The molecule has 4 N–H and O–H groups in total. The highest BCUT2D eigenvalue weighted by atomic mass is 16.5. The molecular weight excluding hydrogens is 464 g/mol. The van der Waals surface area contributed by atoms with E-state index in [1.165, 1.54) is 0 Å². The van der Waals surface area contributed by atoms with Crippen molar-refractivity contribution in [2.24, 2.45) is 5.41 Å². The van der Waals surface area contributed by atoms with E-state index >= 15 is 0 Å². The molecule has 1 aromatic carbocycles. The lowest BCUT2D eigenvalue weighted by molar-refractivity contribution is -0.129. The van der Waals surface area contributed by atoms with Crippen LogP contribution >= 0.6 is 0 Å². The van der Waals surface area contributed by atoms with Crippen LogP contribution in [0.3, 0.4) is 0 Å². The molecule has 0 bridgehead atoms. The quantitative estimate of drug-likeness (QED) is 0.394. The lowest BCUT2D eigenvalue weighted by Gasteiger charge is -2.41. The summed E-state index contributed by atoms with van der Waals surface area (Å²) in [6, 6.07) is 7.24. The molecule has 4 heterocycles. The van der Waals surface area contributed by atoms with Gasteiger partial charge in [-0.05, 0) is 56.7 Å². The molecule has 0 atom stereocenters. The third kappa shape index (κ3) is 4.48. The number of benzene rings is 1. The van der Waals surface area contributed by atoms with Crippen LogP contribution in [0.2, 0.25) is 0 Å². The van der Waals surface area contributed by atoms with Gasteiger partial charge in [0.05, 0.1) is 12.0 Å². The highest BCUT2D eigenvalue weighted by molar-refractivity contribution is 6.00. The van der Waals surface area contributed by atoms with Crippen molar-refractivity contribution < 1.29 is 23.8 Å². The minimum absolute atomic E-state index is 0.0739. The van der Waals surface area contributed by atoms with E-state index in [0.29, 0.717) is 46.5 Å². The molecule has 1 fully saturated rings. The number of hydrogen-bond acceptors (Lipinski definition) is 8. The predicted molar refractivity (Wildman–Crippen MR) is 135 cm³/mol. The number of carboxylic acid groups (broad SMARTS) is 1. The zero-order chi connectivity index (χ0) is 25.5. The molecule has 36 heavy (non-hydrogen) atoms. The smallest absolute Gasteiger partial charge is 0.404 e. The van der Waals surface area contributed by atoms with Gasteiger partial charge in [0.15, 0.2) is 17.0 Å². The molecule has 2 aliphatic heterocycles. The molecule has 0 spiro atoms. The van der Waals surface area contributed by atoms with Crippen molar-refractivity contribution in [3.05, 3.63) is 30.5 Å². The molecule has 0 radical (unpaired) electrons. The molecule has 0 aliphatic carbocycles. The van der Waals surface area contributed by atoms with Crippen LogP contribution in [0.15, 0.2) is 34.9 Å². The molecule has 5 rings (SSSR count). The second-order valence-corrected chi connectivity index (χ2v) is 9.91. The van der Waals surface area contributed by atoms with Gasteiger partial charge in [0.1, 0.15) is 11.3 Å². The molecule has 190 valence electrons. The third-order valence-electron chi connectivity index (χ3n) is 7.17. The summed E-state index contributed by atoms with van der Waals surface area (Å²) in [6.07, 6.45) is 3.16. The van der Waals surface area contributed by atoms with E-state index < -0.39 is 11.7 Å². The maximum Gasteiger partial charge on any atom is 0.404 e. The summed E-state index contributed by atoms with van der Waals surface area (Å²) in [7, 11) is 0. The lowest BCUT2D eigenvalue weighted by Crippen LogP contribution is -2.46. The van der Waals surface area contributed by atoms with Gasteiger partial charge < -0.3 is 35.1 Å². The molecule has 2 amide bonds. The average molecular weight is 495 g/mol. The summed E-state index contributed by atoms with van der Waals surface area (Å²) >= 11 is 0.